The largest absolute Gasteiger partial charge is 0.573 e. The third-order valence-corrected chi connectivity index (χ3v) is 3.84. The second kappa shape index (κ2) is 7.75. The molecule has 0 amide bonds. The van der Waals surface area contributed by atoms with Gasteiger partial charge in [0.05, 0.1) is 6.61 Å². The third-order valence-electron chi connectivity index (χ3n) is 3.84. The van der Waals surface area contributed by atoms with Gasteiger partial charge in [0.15, 0.2) is 5.82 Å². The van der Waals surface area contributed by atoms with Crippen molar-refractivity contribution in [1.29, 1.82) is 0 Å². The van der Waals surface area contributed by atoms with Crippen molar-refractivity contribution in [3.63, 3.8) is 0 Å². The van der Waals surface area contributed by atoms with E-state index in [1.165, 1.54) is 18.2 Å². The van der Waals surface area contributed by atoms with E-state index in [4.69, 9.17) is 4.74 Å². The summed E-state index contributed by atoms with van der Waals surface area (Å²) < 4.78 is 48.3. The molecule has 9 heteroatoms. The number of aromatic nitrogens is 4. The zero-order chi connectivity index (χ0) is 19.4. The lowest BCUT2D eigenvalue weighted by Crippen LogP contribution is -2.17. The van der Waals surface area contributed by atoms with E-state index in [1.807, 2.05) is 11.5 Å². The molecule has 0 bridgehead atoms. The third kappa shape index (κ3) is 4.62. The molecule has 0 aliphatic rings. The Labute approximate surface area is 153 Å². The molecule has 142 valence electrons. The van der Waals surface area contributed by atoms with Gasteiger partial charge in [0, 0.05) is 19.9 Å². The maximum Gasteiger partial charge on any atom is 0.573 e. The first-order chi connectivity index (χ1) is 12.9. The molecule has 0 unspecified atom stereocenters. The van der Waals surface area contributed by atoms with Gasteiger partial charge in [-0.2, -0.15) is 0 Å². The van der Waals surface area contributed by atoms with Crippen LogP contribution in [0.15, 0.2) is 42.6 Å². The van der Waals surface area contributed by atoms with Gasteiger partial charge < -0.3 is 14.0 Å². The number of benzene rings is 1. The fourth-order valence-electron chi connectivity index (χ4n) is 2.63. The molecule has 2 aromatic heterocycles. The van der Waals surface area contributed by atoms with Gasteiger partial charge in [-0.25, -0.2) is 0 Å². The first-order valence-corrected chi connectivity index (χ1v) is 8.09. The van der Waals surface area contributed by atoms with Crippen LogP contribution in [0.5, 0.6) is 5.75 Å². The summed E-state index contributed by atoms with van der Waals surface area (Å²) >= 11 is 0. The van der Waals surface area contributed by atoms with Crippen LogP contribution in [0.3, 0.4) is 0 Å². The topological polar surface area (TPSA) is 62.1 Å². The highest BCUT2D eigenvalue weighted by atomic mass is 19.4. The predicted molar refractivity (Wildman–Crippen MR) is 92.0 cm³/mol. The second-order valence-corrected chi connectivity index (χ2v) is 5.72. The molecule has 0 saturated heterocycles. The highest BCUT2D eigenvalue weighted by Crippen LogP contribution is 2.29. The van der Waals surface area contributed by atoms with E-state index in [0.29, 0.717) is 35.8 Å². The zero-order valence-corrected chi connectivity index (χ0v) is 14.7. The molecule has 0 aliphatic carbocycles. The molecule has 0 aliphatic heterocycles. The van der Waals surface area contributed by atoms with Gasteiger partial charge in [0.2, 0.25) is 0 Å². The summed E-state index contributed by atoms with van der Waals surface area (Å²) in [4.78, 5) is 4.32. The quantitative estimate of drug-likeness (QED) is 0.652. The van der Waals surface area contributed by atoms with Crippen LogP contribution in [0, 0.1) is 6.92 Å². The molecular weight excluding hydrogens is 361 g/mol. The molecule has 2 heterocycles. The van der Waals surface area contributed by atoms with Crippen LogP contribution in [0.4, 0.5) is 13.2 Å². The summed E-state index contributed by atoms with van der Waals surface area (Å²) in [5.41, 5.74) is 1.82. The van der Waals surface area contributed by atoms with E-state index in [0.717, 1.165) is 5.82 Å². The number of aryl methyl sites for hydroxylation is 1. The summed E-state index contributed by atoms with van der Waals surface area (Å²) in [5, 5.41) is 8.24. The standard InChI is InChI=1S/C18H17F3N4O2/c1-12-23-24-17(25(12)8-9-26-2)16-11-14(6-7-22-16)13-4-3-5-15(10-13)27-18(19,20)21/h3-7,10-11H,8-9H2,1-2H3. The van der Waals surface area contributed by atoms with Crippen LogP contribution in [0.25, 0.3) is 22.6 Å². The van der Waals surface area contributed by atoms with Gasteiger partial charge in [0.25, 0.3) is 0 Å². The van der Waals surface area contributed by atoms with Crippen LogP contribution < -0.4 is 4.74 Å². The number of pyridine rings is 1. The molecule has 27 heavy (non-hydrogen) atoms. The van der Waals surface area contributed by atoms with Gasteiger partial charge in [-0.05, 0) is 42.3 Å². The smallest absolute Gasteiger partial charge is 0.406 e. The fourth-order valence-corrected chi connectivity index (χ4v) is 2.63. The molecular formula is C18H17F3N4O2. The van der Waals surface area contributed by atoms with Crippen LogP contribution in [-0.4, -0.2) is 39.8 Å². The Morgan fingerprint density at radius 2 is 1.85 bits per heavy atom. The Morgan fingerprint density at radius 3 is 2.59 bits per heavy atom. The van der Waals surface area contributed by atoms with Crippen LogP contribution >= 0.6 is 0 Å². The molecule has 3 rings (SSSR count). The van der Waals surface area contributed by atoms with Crippen LogP contribution in [0.2, 0.25) is 0 Å². The minimum Gasteiger partial charge on any atom is -0.406 e. The van der Waals surface area contributed by atoms with Gasteiger partial charge in [-0.1, -0.05) is 12.1 Å². The summed E-state index contributed by atoms with van der Waals surface area (Å²) in [6.45, 7) is 2.88. The number of alkyl halides is 3. The Balaban J connectivity index is 1.94. The number of hydrogen-bond acceptors (Lipinski definition) is 5. The van der Waals surface area contributed by atoms with E-state index in [9.17, 15) is 13.2 Å². The lowest BCUT2D eigenvalue weighted by atomic mass is 10.1. The highest BCUT2D eigenvalue weighted by Gasteiger charge is 2.31. The van der Waals surface area contributed by atoms with E-state index < -0.39 is 6.36 Å². The van der Waals surface area contributed by atoms with Crippen molar-refractivity contribution in [3.05, 3.63) is 48.4 Å². The zero-order valence-electron chi connectivity index (χ0n) is 14.7. The van der Waals surface area contributed by atoms with Crippen molar-refractivity contribution >= 4 is 0 Å². The number of rotatable bonds is 6. The van der Waals surface area contributed by atoms with Crippen molar-refractivity contribution in [2.24, 2.45) is 0 Å². The molecule has 0 atom stereocenters. The van der Waals surface area contributed by atoms with Crippen molar-refractivity contribution in [2.75, 3.05) is 13.7 Å². The second-order valence-electron chi connectivity index (χ2n) is 5.72. The molecule has 6 nitrogen and oxygen atoms in total. The number of nitrogens with zero attached hydrogens (tertiary/aromatic N) is 4. The number of methoxy groups -OCH3 is 1. The maximum atomic E-state index is 12.4. The van der Waals surface area contributed by atoms with Gasteiger partial charge in [0.1, 0.15) is 17.3 Å². The lowest BCUT2D eigenvalue weighted by Gasteiger charge is -2.11. The van der Waals surface area contributed by atoms with Gasteiger partial charge in [-0.3, -0.25) is 4.98 Å². The number of halogens is 3. The minimum absolute atomic E-state index is 0.280. The average Bonchev–Trinajstić information content (AvgIpc) is 2.99. The molecule has 0 N–H and O–H groups in total. The van der Waals surface area contributed by atoms with Crippen LogP contribution in [-0.2, 0) is 11.3 Å². The highest BCUT2D eigenvalue weighted by molar-refractivity contribution is 5.69. The summed E-state index contributed by atoms with van der Waals surface area (Å²) in [6.07, 6.45) is -3.16. The monoisotopic (exact) mass is 378 g/mol. The van der Waals surface area contributed by atoms with Crippen LogP contribution in [0.1, 0.15) is 5.82 Å². The molecule has 0 radical (unpaired) electrons. The SMILES string of the molecule is COCCn1c(C)nnc1-c1cc(-c2cccc(OC(F)(F)F)c2)ccn1. The van der Waals surface area contributed by atoms with E-state index in [-0.39, 0.29) is 5.75 Å². The summed E-state index contributed by atoms with van der Waals surface area (Å²) in [6, 6.07) is 9.24. The summed E-state index contributed by atoms with van der Waals surface area (Å²) in [7, 11) is 1.61. The molecule has 1 aromatic carbocycles. The molecule has 3 aromatic rings. The molecule has 0 fully saturated rings. The van der Waals surface area contributed by atoms with E-state index in [1.54, 1.807) is 31.5 Å². The average molecular weight is 378 g/mol. The first kappa shape index (κ1) is 18.8. The van der Waals surface area contributed by atoms with Crippen molar-refractivity contribution in [2.45, 2.75) is 19.8 Å². The van der Waals surface area contributed by atoms with Gasteiger partial charge in [-0.15, -0.1) is 23.4 Å². The van der Waals surface area contributed by atoms with Gasteiger partial charge >= 0.3 is 6.36 Å². The predicted octanol–water partition coefficient (Wildman–Crippen LogP) is 3.86. The van der Waals surface area contributed by atoms with E-state index >= 15 is 0 Å². The maximum absolute atomic E-state index is 12.4. The Kier molecular flexibility index (Phi) is 5.41. The lowest BCUT2D eigenvalue weighted by molar-refractivity contribution is -0.274. The number of ether oxygens (including phenoxy) is 2. The van der Waals surface area contributed by atoms with Crippen molar-refractivity contribution in [3.8, 4) is 28.4 Å². The minimum atomic E-state index is -4.74. The molecule has 0 saturated carbocycles. The van der Waals surface area contributed by atoms with Crippen molar-refractivity contribution < 1.29 is 22.6 Å². The number of hydrogen-bond donors (Lipinski definition) is 0. The summed E-state index contributed by atoms with van der Waals surface area (Å²) in [5.74, 6) is 1.00. The molecule has 0 spiro atoms. The fraction of sp³-hybridized carbons (Fsp3) is 0.278. The van der Waals surface area contributed by atoms with Crippen molar-refractivity contribution in [1.82, 2.24) is 19.7 Å². The normalized spacial score (nSPS) is 11.6. The van der Waals surface area contributed by atoms with E-state index in [2.05, 4.69) is 19.9 Å². The Morgan fingerprint density at radius 1 is 1.07 bits per heavy atom. The Bertz CT molecular complexity index is 925. The Hall–Kier alpha value is -2.94. The first-order valence-electron chi connectivity index (χ1n) is 8.09.